The quantitative estimate of drug-likeness (QED) is 0.610. The largest absolute Gasteiger partial charge is 0.445 e. The molecular weight excluding hydrogens is 255 g/mol. The first-order chi connectivity index (χ1) is 9.27. The number of hydrogen-bond acceptors (Lipinski definition) is 2. The number of hydrogen-bond donors (Lipinski definition) is 0. The fourth-order valence-electron chi connectivity index (χ4n) is 1.74. The van der Waals surface area contributed by atoms with Gasteiger partial charge in [-0.3, -0.25) is 4.57 Å². The van der Waals surface area contributed by atoms with Gasteiger partial charge in [-0.1, -0.05) is 43.3 Å². The summed E-state index contributed by atoms with van der Waals surface area (Å²) in [7, 11) is -3.04. The van der Waals surface area contributed by atoms with Gasteiger partial charge in [0.2, 0.25) is 0 Å². The highest BCUT2D eigenvalue weighted by atomic mass is 31.2. The highest BCUT2D eigenvalue weighted by molar-refractivity contribution is 7.74. The molecule has 0 heterocycles. The number of rotatable bonds is 5. The minimum Gasteiger partial charge on any atom is -0.445 e. The molecule has 98 valence electrons. The molecule has 0 aromatic heterocycles. The molecule has 2 rings (SSSR count). The Labute approximate surface area is 114 Å². The summed E-state index contributed by atoms with van der Waals surface area (Å²) in [5, 5.41) is 1.42. The second-order valence-electron chi connectivity index (χ2n) is 4.11. The van der Waals surface area contributed by atoms with Gasteiger partial charge in [-0.25, -0.2) is 0 Å². The van der Waals surface area contributed by atoms with E-state index in [9.17, 15) is 4.57 Å². The topological polar surface area (TPSA) is 26.3 Å². The van der Waals surface area contributed by atoms with Crippen molar-refractivity contribution in [1.82, 2.24) is 0 Å². The van der Waals surface area contributed by atoms with Crippen molar-refractivity contribution in [3.05, 3.63) is 73.0 Å². The zero-order valence-electron chi connectivity index (χ0n) is 10.9. The third kappa shape index (κ3) is 3.15. The van der Waals surface area contributed by atoms with E-state index in [4.69, 9.17) is 4.52 Å². The maximum atomic E-state index is 13.2. The molecule has 2 aromatic carbocycles. The Balaban J connectivity index is 2.45. The van der Waals surface area contributed by atoms with E-state index in [0.717, 1.165) is 6.42 Å². The molecule has 0 N–H and O–H groups in total. The standard InChI is InChI=1S/C16H17O2P/c1-2-3-14-18-19(17,15-10-6-4-7-11-15)16-12-8-5-9-13-16/h3-14H,2H2,1H3. The average molecular weight is 272 g/mol. The molecule has 0 saturated heterocycles. The number of allylic oxidation sites excluding steroid dienone is 1. The molecule has 0 saturated carbocycles. The lowest BCUT2D eigenvalue weighted by Crippen LogP contribution is -2.16. The molecule has 3 heteroatoms. The van der Waals surface area contributed by atoms with Gasteiger partial charge >= 0.3 is 7.37 Å². The smallest absolute Gasteiger partial charge is 0.306 e. The van der Waals surface area contributed by atoms with Crippen molar-refractivity contribution in [3.8, 4) is 0 Å². The minimum atomic E-state index is -3.04. The molecule has 0 amide bonds. The monoisotopic (exact) mass is 272 g/mol. The summed E-state index contributed by atoms with van der Waals surface area (Å²) in [5.74, 6) is 0. The summed E-state index contributed by atoms with van der Waals surface area (Å²) in [4.78, 5) is 0. The Hall–Kier alpha value is -1.79. The second kappa shape index (κ2) is 6.40. The summed E-state index contributed by atoms with van der Waals surface area (Å²) in [6.07, 6.45) is 4.25. The lowest BCUT2D eigenvalue weighted by molar-refractivity contribution is 0.459. The van der Waals surface area contributed by atoms with Gasteiger partial charge in [0.15, 0.2) is 0 Å². The minimum absolute atomic E-state index is 0.710. The van der Waals surface area contributed by atoms with Gasteiger partial charge in [0.1, 0.15) is 0 Å². The van der Waals surface area contributed by atoms with Gasteiger partial charge in [0, 0.05) is 0 Å². The predicted molar refractivity (Wildman–Crippen MR) is 80.3 cm³/mol. The molecule has 2 nitrogen and oxygen atoms in total. The molecule has 0 aliphatic heterocycles. The van der Waals surface area contributed by atoms with Crippen LogP contribution in [0.25, 0.3) is 0 Å². The van der Waals surface area contributed by atoms with E-state index in [2.05, 4.69) is 0 Å². The van der Waals surface area contributed by atoms with Crippen LogP contribution in [-0.4, -0.2) is 0 Å². The van der Waals surface area contributed by atoms with Gasteiger partial charge < -0.3 is 4.52 Å². The van der Waals surface area contributed by atoms with Crippen LogP contribution < -0.4 is 10.6 Å². The zero-order valence-corrected chi connectivity index (χ0v) is 11.8. The van der Waals surface area contributed by atoms with Crippen molar-refractivity contribution in [2.75, 3.05) is 0 Å². The van der Waals surface area contributed by atoms with E-state index in [-0.39, 0.29) is 0 Å². The molecule has 0 atom stereocenters. The number of benzene rings is 2. The van der Waals surface area contributed by atoms with Crippen molar-refractivity contribution in [1.29, 1.82) is 0 Å². The molecule has 0 bridgehead atoms. The fraction of sp³-hybridized carbons (Fsp3) is 0.125. The van der Waals surface area contributed by atoms with Gasteiger partial charge in [-0.15, -0.1) is 0 Å². The normalized spacial score (nSPS) is 11.6. The van der Waals surface area contributed by atoms with Crippen LogP contribution >= 0.6 is 7.37 Å². The Morgan fingerprint density at radius 2 is 1.42 bits per heavy atom. The van der Waals surface area contributed by atoms with Crippen molar-refractivity contribution in [2.45, 2.75) is 13.3 Å². The van der Waals surface area contributed by atoms with Crippen LogP contribution in [0.1, 0.15) is 13.3 Å². The van der Waals surface area contributed by atoms with Crippen LogP contribution in [0.4, 0.5) is 0 Å². The highest BCUT2D eigenvalue weighted by Crippen LogP contribution is 2.44. The molecule has 0 unspecified atom stereocenters. The second-order valence-corrected chi connectivity index (χ2v) is 6.45. The Bertz CT molecular complexity index is 533. The fourth-order valence-corrected chi connectivity index (χ4v) is 3.67. The van der Waals surface area contributed by atoms with Crippen LogP contribution in [-0.2, 0) is 9.09 Å². The molecule has 0 spiro atoms. The van der Waals surface area contributed by atoms with Gasteiger partial charge in [-0.05, 0) is 36.8 Å². The summed E-state index contributed by atoms with van der Waals surface area (Å²) in [6.45, 7) is 2.01. The third-order valence-electron chi connectivity index (χ3n) is 2.73. The van der Waals surface area contributed by atoms with Crippen molar-refractivity contribution in [2.24, 2.45) is 0 Å². The first kappa shape index (κ1) is 13.6. The summed E-state index contributed by atoms with van der Waals surface area (Å²) < 4.78 is 18.8. The van der Waals surface area contributed by atoms with Gasteiger partial charge in [0.05, 0.1) is 16.9 Å². The maximum absolute atomic E-state index is 13.2. The zero-order chi connectivity index (χ0) is 13.6. The van der Waals surface area contributed by atoms with E-state index in [1.165, 1.54) is 0 Å². The molecule has 0 fully saturated rings. The first-order valence-electron chi connectivity index (χ1n) is 6.32. The molecule has 19 heavy (non-hydrogen) atoms. The van der Waals surface area contributed by atoms with E-state index in [0.29, 0.717) is 10.6 Å². The van der Waals surface area contributed by atoms with Gasteiger partial charge in [-0.2, -0.15) is 0 Å². The molecule has 0 aliphatic carbocycles. The predicted octanol–water partition coefficient (Wildman–Crippen LogP) is 3.86. The van der Waals surface area contributed by atoms with E-state index in [1.54, 1.807) is 6.26 Å². The van der Waals surface area contributed by atoms with Crippen molar-refractivity contribution >= 4 is 18.0 Å². The SMILES string of the molecule is CCC=COP(=O)(c1ccccc1)c1ccccc1. The Morgan fingerprint density at radius 3 is 1.84 bits per heavy atom. The molecule has 2 aromatic rings. The molecular formula is C16H17O2P. The summed E-state index contributed by atoms with van der Waals surface area (Å²) in [6, 6.07) is 18.7. The van der Waals surface area contributed by atoms with Crippen LogP contribution in [0, 0.1) is 0 Å². The lowest BCUT2D eigenvalue weighted by Gasteiger charge is -2.17. The van der Waals surface area contributed by atoms with Crippen LogP contribution in [0.5, 0.6) is 0 Å². The van der Waals surface area contributed by atoms with E-state index < -0.39 is 7.37 Å². The van der Waals surface area contributed by atoms with Crippen molar-refractivity contribution in [3.63, 3.8) is 0 Å². The highest BCUT2D eigenvalue weighted by Gasteiger charge is 2.28. The van der Waals surface area contributed by atoms with Crippen molar-refractivity contribution < 1.29 is 9.09 Å². The van der Waals surface area contributed by atoms with E-state index in [1.807, 2.05) is 73.7 Å². The van der Waals surface area contributed by atoms with E-state index >= 15 is 0 Å². The molecule has 0 radical (unpaired) electrons. The lowest BCUT2D eigenvalue weighted by atomic mass is 10.4. The van der Waals surface area contributed by atoms with Crippen LogP contribution in [0.15, 0.2) is 73.0 Å². The maximum Gasteiger partial charge on any atom is 0.306 e. The van der Waals surface area contributed by atoms with Gasteiger partial charge in [0.25, 0.3) is 0 Å². The first-order valence-corrected chi connectivity index (χ1v) is 7.94. The Morgan fingerprint density at radius 1 is 0.947 bits per heavy atom. The Kier molecular flexibility index (Phi) is 4.59. The third-order valence-corrected chi connectivity index (χ3v) is 5.11. The summed E-state index contributed by atoms with van der Waals surface area (Å²) >= 11 is 0. The molecule has 0 aliphatic rings. The van der Waals surface area contributed by atoms with Crippen LogP contribution in [0.2, 0.25) is 0 Å². The summed E-state index contributed by atoms with van der Waals surface area (Å²) in [5.41, 5.74) is 0. The average Bonchev–Trinajstić information content (AvgIpc) is 2.49. The van der Waals surface area contributed by atoms with Crippen LogP contribution in [0.3, 0.4) is 0 Å².